The number of hydrogen-bond donors (Lipinski definition) is 2. The predicted octanol–water partition coefficient (Wildman–Crippen LogP) is 3.39. The molecule has 1 fully saturated rings. The largest absolute Gasteiger partial charge is 0.416 e. The van der Waals surface area contributed by atoms with Crippen molar-refractivity contribution < 1.29 is 18.3 Å². The third kappa shape index (κ3) is 4.39. The lowest BCUT2D eigenvalue weighted by Gasteiger charge is -2.37. The number of piperazine rings is 1. The van der Waals surface area contributed by atoms with Crippen LogP contribution >= 0.6 is 0 Å². The number of halogens is 3. The summed E-state index contributed by atoms with van der Waals surface area (Å²) in [5.41, 5.74) is 0.959. The molecule has 2 atom stereocenters. The summed E-state index contributed by atoms with van der Waals surface area (Å²) in [5.74, 6) is 0. The highest BCUT2D eigenvalue weighted by Gasteiger charge is 2.30. The Balaban J connectivity index is 1.71. The summed E-state index contributed by atoms with van der Waals surface area (Å²) in [6.45, 7) is 2.76. The van der Waals surface area contributed by atoms with Crippen molar-refractivity contribution in [3.05, 3.63) is 71.3 Å². The molecular weight excluding hydrogens is 329 g/mol. The fourth-order valence-corrected chi connectivity index (χ4v) is 3.19. The van der Waals surface area contributed by atoms with Crippen molar-refractivity contribution in [1.82, 2.24) is 10.2 Å². The zero-order valence-corrected chi connectivity index (χ0v) is 13.7. The van der Waals surface area contributed by atoms with Gasteiger partial charge in [0.05, 0.1) is 11.7 Å². The van der Waals surface area contributed by atoms with Gasteiger partial charge in [0.1, 0.15) is 0 Å². The van der Waals surface area contributed by atoms with Crippen LogP contribution in [0.1, 0.15) is 28.8 Å². The van der Waals surface area contributed by atoms with Crippen LogP contribution in [0.25, 0.3) is 0 Å². The van der Waals surface area contributed by atoms with Gasteiger partial charge >= 0.3 is 6.18 Å². The van der Waals surface area contributed by atoms with Crippen molar-refractivity contribution in [2.45, 2.75) is 18.3 Å². The van der Waals surface area contributed by atoms with Gasteiger partial charge in [-0.1, -0.05) is 42.5 Å². The van der Waals surface area contributed by atoms with Gasteiger partial charge in [-0.25, -0.2) is 0 Å². The third-order valence-electron chi connectivity index (χ3n) is 4.57. The lowest BCUT2D eigenvalue weighted by Crippen LogP contribution is -2.47. The first kappa shape index (κ1) is 17.9. The fourth-order valence-electron chi connectivity index (χ4n) is 3.19. The zero-order valence-electron chi connectivity index (χ0n) is 13.7. The standard InChI is InChI=1S/C19H21F3N2O/c20-19(21,22)16-8-6-15(7-9-16)18(25)13-24-11-10-23-12-17(24)14-4-2-1-3-5-14/h1-9,17-18,23,25H,10-13H2. The minimum absolute atomic E-state index is 0.138. The van der Waals surface area contributed by atoms with Crippen LogP contribution in [0.15, 0.2) is 54.6 Å². The molecule has 0 spiro atoms. The molecule has 3 rings (SSSR count). The Bertz CT molecular complexity index is 673. The molecular formula is C19H21F3N2O. The predicted molar refractivity (Wildman–Crippen MR) is 90.0 cm³/mol. The maximum absolute atomic E-state index is 12.7. The van der Waals surface area contributed by atoms with Crippen LogP contribution in [-0.4, -0.2) is 36.2 Å². The maximum atomic E-state index is 12.7. The van der Waals surface area contributed by atoms with Crippen LogP contribution < -0.4 is 5.32 Å². The van der Waals surface area contributed by atoms with E-state index in [2.05, 4.69) is 22.3 Å². The lowest BCUT2D eigenvalue weighted by atomic mass is 10.0. The minimum atomic E-state index is -4.36. The van der Waals surface area contributed by atoms with Crippen molar-refractivity contribution in [1.29, 1.82) is 0 Å². The topological polar surface area (TPSA) is 35.5 Å². The van der Waals surface area contributed by atoms with Gasteiger partial charge in [-0.05, 0) is 23.3 Å². The van der Waals surface area contributed by atoms with Gasteiger partial charge in [0.15, 0.2) is 0 Å². The summed E-state index contributed by atoms with van der Waals surface area (Å²) in [4.78, 5) is 2.17. The van der Waals surface area contributed by atoms with E-state index in [1.165, 1.54) is 12.1 Å². The average Bonchev–Trinajstić information content (AvgIpc) is 2.62. The van der Waals surface area contributed by atoms with Gasteiger partial charge in [-0.2, -0.15) is 13.2 Å². The van der Waals surface area contributed by atoms with Gasteiger partial charge < -0.3 is 10.4 Å². The molecule has 6 heteroatoms. The van der Waals surface area contributed by atoms with E-state index in [9.17, 15) is 18.3 Å². The van der Waals surface area contributed by atoms with Gasteiger partial charge in [-0.3, -0.25) is 4.90 Å². The Labute approximate surface area is 145 Å². The molecule has 2 aromatic rings. The van der Waals surface area contributed by atoms with E-state index in [0.717, 1.165) is 37.3 Å². The molecule has 3 nitrogen and oxygen atoms in total. The number of benzene rings is 2. The molecule has 2 aromatic carbocycles. The van der Waals surface area contributed by atoms with Crippen LogP contribution in [-0.2, 0) is 6.18 Å². The van der Waals surface area contributed by atoms with Crippen LogP contribution in [0.2, 0.25) is 0 Å². The number of β-amino-alcohol motifs (C(OH)–C–C–N with tert-alkyl or cyclic N) is 1. The molecule has 0 aromatic heterocycles. The van der Waals surface area contributed by atoms with E-state index in [1.54, 1.807) is 0 Å². The first-order chi connectivity index (χ1) is 11.9. The van der Waals surface area contributed by atoms with E-state index >= 15 is 0 Å². The van der Waals surface area contributed by atoms with Gasteiger partial charge in [-0.15, -0.1) is 0 Å². The molecule has 2 unspecified atom stereocenters. The number of hydrogen-bond acceptors (Lipinski definition) is 3. The van der Waals surface area contributed by atoms with Crippen LogP contribution in [0.3, 0.4) is 0 Å². The van der Waals surface area contributed by atoms with Crippen molar-refractivity contribution in [2.75, 3.05) is 26.2 Å². The van der Waals surface area contributed by atoms with Gasteiger partial charge in [0.2, 0.25) is 0 Å². The Kier molecular flexibility index (Phi) is 5.42. The van der Waals surface area contributed by atoms with Crippen molar-refractivity contribution in [2.24, 2.45) is 0 Å². The highest BCUT2D eigenvalue weighted by atomic mass is 19.4. The highest BCUT2D eigenvalue weighted by molar-refractivity contribution is 5.26. The van der Waals surface area contributed by atoms with Gasteiger partial charge in [0, 0.05) is 32.2 Å². The molecule has 0 amide bonds. The van der Waals surface area contributed by atoms with E-state index in [0.29, 0.717) is 12.1 Å². The second-order valence-corrected chi connectivity index (χ2v) is 6.26. The molecule has 1 aliphatic heterocycles. The molecule has 1 heterocycles. The highest BCUT2D eigenvalue weighted by Crippen LogP contribution is 2.30. The fraction of sp³-hybridized carbons (Fsp3) is 0.368. The SMILES string of the molecule is OC(CN1CCNCC1c1ccccc1)c1ccc(C(F)(F)F)cc1. The lowest BCUT2D eigenvalue weighted by molar-refractivity contribution is -0.137. The molecule has 0 aliphatic carbocycles. The number of nitrogens with zero attached hydrogens (tertiary/aromatic N) is 1. The summed E-state index contributed by atoms with van der Waals surface area (Å²) in [5, 5.41) is 13.8. The quantitative estimate of drug-likeness (QED) is 0.887. The third-order valence-corrected chi connectivity index (χ3v) is 4.57. The van der Waals surface area contributed by atoms with Crippen LogP contribution in [0.5, 0.6) is 0 Å². The normalized spacial score (nSPS) is 20.4. The first-order valence-electron chi connectivity index (χ1n) is 8.30. The Hall–Kier alpha value is -1.89. The summed E-state index contributed by atoms with van der Waals surface area (Å²) < 4.78 is 38.0. The first-order valence-corrected chi connectivity index (χ1v) is 8.30. The number of aliphatic hydroxyl groups is 1. The Morgan fingerprint density at radius 3 is 2.40 bits per heavy atom. The summed E-state index contributed by atoms with van der Waals surface area (Å²) in [6.07, 6.45) is -5.19. The molecule has 1 aliphatic rings. The number of nitrogens with one attached hydrogen (secondary N) is 1. The van der Waals surface area contributed by atoms with E-state index in [-0.39, 0.29) is 6.04 Å². The molecule has 0 radical (unpaired) electrons. The Morgan fingerprint density at radius 2 is 1.76 bits per heavy atom. The molecule has 0 bridgehead atoms. The Morgan fingerprint density at radius 1 is 1.08 bits per heavy atom. The average molecular weight is 350 g/mol. The van der Waals surface area contributed by atoms with Crippen molar-refractivity contribution in [3.8, 4) is 0 Å². The molecule has 25 heavy (non-hydrogen) atoms. The summed E-state index contributed by atoms with van der Waals surface area (Å²) in [7, 11) is 0. The van der Waals surface area contributed by atoms with E-state index < -0.39 is 17.8 Å². The second kappa shape index (κ2) is 7.56. The van der Waals surface area contributed by atoms with Crippen molar-refractivity contribution in [3.63, 3.8) is 0 Å². The van der Waals surface area contributed by atoms with E-state index in [1.807, 2.05) is 18.2 Å². The van der Waals surface area contributed by atoms with E-state index in [4.69, 9.17) is 0 Å². The molecule has 2 N–H and O–H groups in total. The summed E-state index contributed by atoms with van der Waals surface area (Å²) >= 11 is 0. The van der Waals surface area contributed by atoms with Crippen LogP contribution in [0.4, 0.5) is 13.2 Å². The van der Waals surface area contributed by atoms with Crippen molar-refractivity contribution >= 4 is 0 Å². The van der Waals surface area contributed by atoms with Crippen LogP contribution in [0, 0.1) is 0 Å². The molecule has 1 saturated heterocycles. The minimum Gasteiger partial charge on any atom is -0.387 e. The molecule has 134 valence electrons. The zero-order chi connectivity index (χ0) is 17.9. The second-order valence-electron chi connectivity index (χ2n) is 6.26. The summed E-state index contributed by atoms with van der Waals surface area (Å²) in [6, 6.07) is 14.9. The number of rotatable bonds is 4. The number of alkyl halides is 3. The monoisotopic (exact) mass is 350 g/mol. The smallest absolute Gasteiger partial charge is 0.387 e. The molecule has 0 saturated carbocycles. The van der Waals surface area contributed by atoms with Gasteiger partial charge in [0.25, 0.3) is 0 Å². The maximum Gasteiger partial charge on any atom is 0.416 e. The number of aliphatic hydroxyl groups excluding tert-OH is 1.